The molecule has 0 bridgehead atoms. The van der Waals surface area contributed by atoms with E-state index in [0.29, 0.717) is 18.3 Å². The fourth-order valence-corrected chi connectivity index (χ4v) is 2.68. The van der Waals surface area contributed by atoms with Crippen LogP contribution >= 0.6 is 15.9 Å². The fraction of sp³-hybridized carbons (Fsp3) is 0.167. The molecule has 6 nitrogen and oxygen atoms in total. The predicted octanol–water partition coefficient (Wildman–Crippen LogP) is 3.76. The van der Waals surface area contributed by atoms with Crippen LogP contribution in [0, 0.1) is 6.92 Å². The summed E-state index contributed by atoms with van der Waals surface area (Å²) in [4.78, 5) is 13.0. The van der Waals surface area contributed by atoms with Gasteiger partial charge in [0.15, 0.2) is 0 Å². The Kier molecular flexibility index (Phi) is 5.57. The van der Waals surface area contributed by atoms with E-state index in [4.69, 9.17) is 5.11 Å². The molecule has 0 saturated carbocycles. The van der Waals surface area contributed by atoms with Crippen LogP contribution in [0.25, 0.3) is 11.3 Å². The lowest BCUT2D eigenvalue weighted by Crippen LogP contribution is -2.10. The highest BCUT2D eigenvalue weighted by molar-refractivity contribution is 9.10. The highest BCUT2D eigenvalue weighted by Gasteiger charge is 2.09. The molecule has 1 aromatic carbocycles. The number of aliphatic hydroxyl groups is 1. The number of benzene rings is 1. The highest BCUT2D eigenvalue weighted by atomic mass is 79.9. The lowest BCUT2D eigenvalue weighted by molar-refractivity contribution is 0.311. The van der Waals surface area contributed by atoms with Crippen LogP contribution in [0.3, 0.4) is 0 Å². The van der Waals surface area contributed by atoms with E-state index >= 15 is 0 Å². The molecule has 0 aliphatic rings. The zero-order chi connectivity index (χ0) is 17.6. The van der Waals surface area contributed by atoms with Crippen LogP contribution in [0.1, 0.15) is 5.56 Å². The fourth-order valence-electron chi connectivity index (χ4n) is 2.31. The number of nitrogens with zero attached hydrogens (tertiary/aromatic N) is 3. The quantitative estimate of drug-likeness (QED) is 0.585. The Morgan fingerprint density at radius 1 is 1.12 bits per heavy atom. The third-order valence-corrected chi connectivity index (χ3v) is 4.49. The molecule has 25 heavy (non-hydrogen) atoms. The molecule has 0 aliphatic heterocycles. The first kappa shape index (κ1) is 17.3. The molecule has 2 aromatic heterocycles. The second-order valence-electron chi connectivity index (χ2n) is 5.39. The summed E-state index contributed by atoms with van der Waals surface area (Å²) in [5.74, 6) is 1.13. The molecule has 128 valence electrons. The summed E-state index contributed by atoms with van der Waals surface area (Å²) in [5.41, 5.74) is 3.77. The van der Waals surface area contributed by atoms with Gasteiger partial charge in [-0.25, -0.2) is 4.98 Å². The summed E-state index contributed by atoms with van der Waals surface area (Å²) >= 11 is 3.54. The van der Waals surface area contributed by atoms with E-state index in [9.17, 15) is 0 Å². The van der Waals surface area contributed by atoms with Gasteiger partial charge in [-0.1, -0.05) is 22.0 Å². The normalized spacial score (nSPS) is 10.5. The van der Waals surface area contributed by atoms with Crippen LogP contribution < -0.4 is 10.6 Å². The summed E-state index contributed by atoms with van der Waals surface area (Å²) in [6.45, 7) is 2.42. The first-order valence-electron chi connectivity index (χ1n) is 7.83. The van der Waals surface area contributed by atoms with E-state index in [-0.39, 0.29) is 6.61 Å². The summed E-state index contributed by atoms with van der Waals surface area (Å²) in [5, 5.41) is 15.4. The predicted molar refractivity (Wildman–Crippen MR) is 103 cm³/mol. The lowest BCUT2D eigenvalue weighted by atomic mass is 10.2. The van der Waals surface area contributed by atoms with Crippen LogP contribution in [-0.2, 0) is 0 Å². The molecule has 3 N–H and O–H groups in total. The third-order valence-electron chi connectivity index (χ3n) is 3.63. The molecule has 0 aliphatic carbocycles. The zero-order valence-electron chi connectivity index (χ0n) is 13.7. The van der Waals surface area contributed by atoms with Gasteiger partial charge < -0.3 is 15.7 Å². The largest absolute Gasteiger partial charge is 0.395 e. The molecule has 0 unspecified atom stereocenters. The van der Waals surface area contributed by atoms with Crippen molar-refractivity contribution in [2.24, 2.45) is 0 Å². The minimum atomic E-state index is 0.0103. The second kappa shape index (κ2) is 8.04. The molecule has 0 atom stereocenters. The number of aliphatic hydroxyl groups excluding tert-OH is 1. The van der Waals surface area contributed by atoms with Crippen molar-refractivity contribution in [3.05, 3.63) is 58.8 Å². The summed E-state index contributed by atoms with van der Waals surface area (Å²) in [6.07, 6.45) is 3.45. The number of aromatic nitrogens is 3. The number of hydrogen-bond donors (Lipinski definition) is 3. The van der Waals surface area contributed by atoms with Crippen LogP contribution in [0.15, 0.2) is 53.3 Å². The SMILES string of the molecule is Cc1c(Br)cccc1Nc1cc(-c2ccncc2)nc(NCCO)n1. The summed E-state index contributed by atoms with van der Waals surface area (Å²) in [6, 6.07) is 11.6. The van der Waals surface area contributed by atoms with E-state index in [1.54, 1.807) is 12.4 Å². The Bertz CT molecular complexity index is 857. The van der Waals surface area contributed by atoms with E-state index in [1.165, 1.54) is 0 Å². The van der Waals surface area contributed by atoms with Crippen LogP contribution in [-0.4, -0.2) is 33.2 Å². The van der Waals surface area contributed by atoms with Crippen LogP contribution in [0.2, 0.25) is 0 Å². The molecular formula is C18H18BrN5O. The van der Waals surface area contributed by atoms with Crippen molar-refractivity contribution < 1.29 is 5.11 Å². The van der Waals surface area contributed by atoms with Crippen LogP contribution in [0.4, 0.5) is 17.5 Å². The Labute approximate surface area is 154 Å². The van der Waals surface area contributed by atoms with Crippen molar-refractivity contribution in [1.82, 2.24) is 15.0 Å². The van der Waals surface area contributed by atoms with Gasteiger partial charge in [-0.15, -0.1) is 0 Å². The minimum absolute atomic E-state index is 0.0103. The van der Waals surface area contributed by atoms with Gasteiger partial charge >= 0.3 is 0 Å². The average Bonchev–Trinajstić information content (AvgIpc) is 2.64. The molecule has 3 aromatic rings. The molecule has 0 saturated heterocycles. The van der Waals surface area contributed by atoms with Gasteiger partial charge in [0, 0.05) is 40.7 Å². The minimum Gasteiger partial charge on any atom is -0.395 e. The average molecular weight is 400 g/mol. The van der Waals surface area contributed by atoms with Crippen molar-refractivity contribution in [3.63, 3.8) is 0 Å². The number of anilines is 3. The van der Waals surface area contributed by atoms with Gasteiger partial charge in [0.25, 0.3) is 0 Å². The molecule has 0 spiro atoms. The summed E-state index contributed by atoms with van der Waals surface area (Å²) in [7, 11) is 0. The number of halogens is 1. The van der Waals surface area contributed by atoms with E-state index in [0.717, 1.165) is 27.0 Å². The first-order chi connectivity index (χ1) is 12.2. The topological polar surface area (TPSA) is 83.0 Å². The van der Waals surface area contributed by atoms with E-state index in [2.05, 4.69) is 41.5 Å². The lowest BCUT2D eigenvalue weighted by Gasteiger charge is -2.13. The van der Waals surface area contributed by atoms with Crippen molar-refractivity contribution in [3.8, 4) is 11.3 Å². The second-order valence-corrected chi connectivity index (χ2v) is 6.24. The molecule has 0 radical (unpaired) electrons. The van der Waals surface area contributed by atoms with Crippen molar-refractivity contribution in [1.29, 1.82) is 0 Å². The molecule has 3 rings (SSSR count). The molecule has 7 heteroatoms. The number of rotatable bonds is 6. The van der Waals surface area contributed by atoms with Crippen molar-refractivity contribution in [2.45, 2.75) is 6.92 Å². The Morgan fingerprint density at radius 3 is 2.68 bits per heavy atom. The maximum Gasteiger partial charge on any atom is 0.225 e. The Hall–Kier alpha value is -2.51. The Balaban J connectivity index is 1.98. The first-order valence-corrected chi connectivity index (χ1v) is 8.63. The highest BCUT2D eigenvalue weighted by Crippen LogP contribution is 2.28. The summed E-state index contributed by atoms with van der Waals surface area (Å²) < 4.78 is 1.03. The maximum absolute atomic E-state index is 9.04. The third kappa shape index (κ3) is 4.32. The molecule has 0 fully saturated rings. The monoisotopic (exact) mass is 399 g/mol. The van der Waals surface area contributed by atoms with Crippen LogP contribution in [0.5, 0.6) is 0 Å². The van der Waals surface area contributed by atoms with Gasteiger partial charge in [-0.05, 0) is 36.8 Å². The van der Waals surface area contributed by atoms with Gasteiger partial charge in [-0.2, -0.15) is 4.98 Å². The number of pyridine rings is 1. The van der Waals surface area contributed by atoms with E-state index in [1.807, 2.05) is 43.3 Å². The molecule has 0 amide bonds. The van der Waals surface area contributed by atoms with E-state index < -0.39 is 0 Å². The maximum atomic E-state index is 9.04. The van der Waals surface area contributed by atoms with Gasteiger partial charge in [0.05, 0.1) is 12.3 Å². The molecule has 2 heterocycles. The smallest absolute Gasteiger partial charge is 0.225 e. The van der Waals surface area contributed by atoms with Gasteiger partial charge in [0.1, 0.15) is 5.82 Å². The van der Waals surface area contributed by atoms with Gasteiger partial charge in [-0.3, -0.25) is 4.98 Å². The standard InChI is InChI=1S/C18H18BrN5O/c1-12-14(19)3-2-4-15(12)22-17-11-16(13-5-7-20-8-6-13)23-18(24-17)21-9-10-25/h2-8,11,25H,9-10H2,1H3,(H2,21,22,23,24). The number of hydrogen-bond acceptors (Lipinski definition) is 6. The molecular weight excluding hydrogens is 382 g/mol. The van der Waals surface area contributed by atoms with Gasteiger partial charge in [0.2, 0.25) is 5.95 Å². The van der Waals surface area contributed by atoms with Crippen molar-refractivity contribution in [2.75, 3.05) is 23.8 Å². The Morgan fingerprint density at radius 2 is 1.92 bits per heavy atom. The van der Waals surface area contributed by atoms with Crippen molar-refractivity contribution >= 4 is 33.4 Å². The number of nitrogens with one attached hydrogen (secondary N) is 2. The zero-order valence-corrected chi connectivity index (χ0v) is 15.3.